The van der Waals surface area contributed by atoms with E-state index in [0.29, 0.717) is 5.69 Å². The molecule has 1 aromatic rings. The van der Waals surface area contributed by atoms with E-state index in [1.807, 2.05) is 12.1 Å². The van der Waals surface area contributed by atoms with Gasteiger partial charge >= 0.3 is 5.97 Å². The first-order valence-corrected chi connectivity index (χ1v) is 6.48. The second kappa shape index (κ2) is 5.06. The van der Waals surface area contributed by atoms with Gasteiger partial charge in [-0.1, -0.05) is 12.5 Å². The van der Waals surface area contributed by atoms with Crippen LogP contribution in [0.15, 0.2) is 24.4 Å². The van der Waals surface area contributed by atoms with Crippen LogP contribution in [0.1, 0.15) is 38.8 Å². The number of rotatable bonds is 3. The van der Waals surface area contributed by atoms with Crippen LogP contribution in [-0.4, -0.2) is 33.5 Å². The number of pyridine rings is 1. The minimum Gasteiger partial charge on any atom is -0.480 e. The number of aliphatic carboxylic acids is 1. The summed E-state index contributed by atoms with van der Waals surface area (Å²) in [6.07, 6.45) is 4.94. The molecule has 1 saturated heterocycles. The molecule has 0 amide bonds. The summed E-state index contributed by atoms with van der Waals surface area (Å²) >= 11 is 0. The summed E-state index contributed by atoms with van der Waals surface area (Å²) in [5.74, 6) is -0.824. The third-order valence-electron chi connectivity index (χ3n) is 3.96. The number of aromatic nitrogens is 1. The average molecular weight is 248 g/mol. The number of hydrogen-bond acceptors (Lipinski definition) is 3. The molecule has 4 heteroatoms. The predicted molar refractivity (Wildman–Crippen MR) is 69.2 cm³/mol. The Morgan fingerprint density at radius 2 is 2.28 bits per heavy atom. The molecular formula is C14H20N2O2. The van der Waals surface area contributed by atoms with Crippen molar-refractivity contribution in [2.45, 2.75) is 44.7 Å². The van der Waals surface area contributed by atoms with E-state index in [4.69, 9.17) is 0 Å². The summed E-state index contributed by atoms with van der Waals surface area (Å²) in [6, 6.07) is 5.74. The molecule has 0 aromatic carbocycles. The molecule has 1 aliphatic rings. The van der Waals surface area contributed by atoms with Gasteiger partial charge in [0, 0.05) is 12.2 Å². The van der Waals surface area contributed by atoms with Crippen LogP contribution in [0, 0.1) is 0 Å². The molecule has 1 fully saturated rings. The molecule has 2 heterocycles. The smallest absolute Gasteiger partial charge is 0.330 e. The van der Waals surface area contributed by atoms with Gasteiger partial charge in [-0.05, 0) is 45.4 Å². The summed E-state index contributed by atoms with van der Waals surface area (Å²) in [5, 5.41) is 9.67. The van der Waals surface area contributed by atoms with Crippen LogP contribution in [0.5, 0.6) is 0 Å². The Kier molecular flexibility index (Phi) is 3.66. The summed E-state index contributed by atoms with van der Waals surface area (Å²) in [6.45, 7) is 4.68. The first kappa shape index (κ1) is 13.0. The van der Waals surface area contributed by atoms with Crippen molar-refractivity contribution < 1.29 is 9.90 Å². The fraction of sp³-hybridized carbons (Fsp3) is 0.571. The third kappa shape index (κ3) is 2.12. The lowest BCUT2D eigenvalue weighted by molar-refractivity contribution is -0.154. The summed E-state index contributed by atoms with van der Waals surface area (Å²) in [4.78, 5) is 18.1. The number of hydrogen-bond donors (Lipinski definition) is 1. The Labute approximate surface area is 108 Å². The van der Waals surface area contributed by atoms with Gasteiger partial charge in [-0.25, -0.2) is 4.79 Å². The Balaban J connectivity index is 2.41. The van der Waals surface area contributed by atoms with E-state index in [1.54, 1.807) is 19.2 Å². The maximum absolute atomic E-state index is 11.8. The quantitative estimate of drug-likeness (QED) is 0.891. The molecule has 0 bridgehead atoms. The van der Waals surface area contributed by atoms with Crippen LogP contribution in [0.4, 0.5) is 0 Å². The van der Waals surface area contributed by atoms with Crippen molar-refractivity contribution >= 4 is 5.97 Å². The number of carboxylic acid groups (broad SMARTS) is 1. The predicted octanol–water partition coefficient (Wildman–Crippen LogP) is 2.26. The monoisotopic (exact) mass is 248 g/mol. The highest BCUT2D eigenvalue weighted by Crippen LogP contribution is 2.33. The van der Waals surface area contributed by atoms with E-state index in [1.165, 1.54) is 6.42 Å². The first-order chi connectivity index (χ1) is 8.56. The highest BCUT2D eigenvalue weighted by atomic mass is 16.4. The summed E-state index contributed by atoms with van der Waals surface area (Å²) in [7, 11) is 0. The number of piperidine rings is 1. The number of likely N-dealkylation sites (tertiary alicyclic amines) is 1. The molecule has 0 saturated carbocycles. The lowest BCUT2D eigenvalue weighted by Gasteiger charge is -2.44. The van der Waals surface area contributed by atoms with Crippen LogP contribution in [0.25, 0.3) is 0 Å². The minimum atomic E-state index is -1.03. The normalized spacial score (nSPS) is 24.4. The van der Waals surface area contributed by atoms with Gasteiger partial charge in [0.1, 0.15) is 0 Å². The van der Waals surface area contributed by atoms with E-state index >= 15 is 0 Å². The van der Waals surface area contributed by atoms with Crippen molar-refractivity contribution in [1.82, 2.24) is 9.88 Å². The van der Waals surface area contributed by atoms with Crippen LogP contribution >= 0.6 is 0 Å². The highest BCUT2D eigenvalue weighted by molar-refractivity contribution is 5.79. The van der Waals surface area contributed by atoms with Crippen LogP contribution in [0.2, 0.25) is 0 Å². The molecule has 2 rings (SSSR count). The zero-order chi connectivity index (χ0) is 13.2. The third-order valence-corrected chi connectivity index (χ3v) is 3.96. The van der Waals surface area contributed by atoms with Crippen molar-refractivity contribution in [3.63, 3.8) is 0 Å². The topological polar surface area (TPSA) is 53.4 Å². The summed E-state index contributed by atoms with van der Waals surface area (Å²) < 4.78 is 0. The van der Waals surface area contributed by atoms with Gasteiger partial charge in [0.2, 0.25) is 0 Å². The van der Waals surface area contributed by atoms with Gasteiger partial charge in [-0.2, -0.15) is 0 Å². The van der Waals surface area contributed by atoms with Crippen LogP contribution < -0.4 is 0 Å². The molecule has 2 unspecified atom stereocenters. The van der Waals surface area contributed by atoms with E-state index in [9.17, 15) is 9.90 Å². The van der Waals surface area contributed by atoms with Crippen LogP contribution in [-0.2, 0) is 10.3 Å². The first-order valence-electron chi connectivity index (χ1n) is 6.48. The van der Waals surface area contributed by atoms with Crippen molar-refractivity contribution in [2.24, 2.45) is 0 Å². The lowest BCUT2D eigenvalue weighted by atomic mass is 9.89. The molecule has 0 radical (unpaired) electrons. The zero-order valence-corrected chi connectivity index (χ0v) is 11.0. The second-order valence-corrected chi connectivity index (χ2v) is 5.13. The van der Waals surface area contributed by atoms with Crippen LogP contribution in [0.3, 0.4) is 0 Å². The van der Waals surface area contributed by atoms with Gasteiger partial charge in [-0.15, -0.1) is 0 Å². The molecule has 4 nitrogen and oxygen atoms in total. The minimum absolute atomic E-state index is 0.279. The maximum Gasteiger partial charge on any atom is 0.330 e. The van der Waals surface area contributed by atoms with E-state index < -0.39 is 11.5 Å². The molecule has 2 atom stereocenters. The van der Waals surface area contributed by atoms with E-state index in [-0.39, 0.29) is 6.04 Å². The standard InChI is InChI=1S/C14H20N2O2/c1-11-7-4-6-10-16(11)14(2,13(17)18)12-8-3-5-9-15-12/h3,5,8-9,11H,4,6-7,10H2,1-2H3,(H,17,18). The fourth-order valence-electron chi connectivity index (χ4n) is 2.79. The molecule has 1 N–H and O–H groups in total. The Hall–Kier alpha value is -1.42. The average Bonchev–Trinajstić information content (AvgIpc) is 2.39. The molecule has 0 aliphatic carbocycles. The van der Waals surface area contributed by atoms with Gasteiger partial charge in [0.25, 0.3) is 0 Å². The summed E-state index contributed by atoms with van der Waals surface area (Å²) in [5.41, 5.74) is -0.410. The zero-order valence-electron chi connectivity index (χ0n) is 11.0. The van der Waals surface area contributed by atoms with E-state index in [2.05, 4.69) is 16.8 Å². The largest absolute Gasteiger partial charge is 0.480 e. The van der Waals surface area contributed by atoms with Gasteiger partial charge in [-0.3, -0.25) is 9.88 Å². The second-order valence-electron chi connectivity index (χ2n) is 5.13. The van der Waals surface area contributed by atoms with Gasteiger partial charge in [0.15, 0.2) is 5.54 Å². The van der Waals surface area contributed by atoms with E-state index in [0.717, 1.165) is 19.4 Å². The Morgan fingerprint density at radius 1 is 1.50 bits per heavy atom. The van der Waals surface area contributed by atoms with Crippen molar-refractivity contribution in [3.8, 4) is 0 Å². The fourth-order valence-corrected chi connectivity index (χ4v) is 2.79. The Bertz CT molecular complexity index is 421. The lowest BCUT2D eigenvalue weighted by Crippen LogP contribution is -2.55. The highest BCUT2D eigenvalue weighted by Gasteiger charge is 2.45. The molecule has 18 heavy (non-hydrogen) atoms. The van der Waals surface area contributed by atoms with Gasteiger partial charge in [0.05, 0.1) is 5.69 Å². The van der Waals surface area contributed by atoms with Crippen molar-refractivity contribution in [2.75, 3.05) is 6.54 Å². The van der Waals surface area contributed by atoms with Crippen molar-refractivity contribution in [3.05, 3.63) is 30.1 Å². The number of carboxylic acids is 1. The maximum atomic E-state index is 11.8. The molecule has 98 valence electrons. The molecular weight excluding hydrogens is 228 g/mol. The van der Waals surface area contributed by atoms with Crippen molar-refractivity contribution in [1.29, 1.82) is 0 Å². The SMILES string of the molecule is CC1CCCCN1C(C)(C(=O)O)c1ccccn1. The van der Waals surface area contributed by atoms with Gasteiger partial charge < -0.3 is 5.11 Å². The number of carbonyl (C=O) groups is 1. The Morgan fingerprint density at radius 3 is 2.83 bits per heavy atom. The molecule has 0 spiro atoms. The molecule has 1 aliphatic heterocycles. The molecule has 1 aromatic heterocycles. The number of nitrogens with zero attached hydrogens (tertiary/aromatic N) is 2.